The van der Waals surface area contributed by atoms with Gasteiger partial charge in [-0.15, -0.1) is 35.0 Å². The number of nitrogen functional groups attached to an aromatic ring is 1. The molecule has 3 aliphatic rings. The maximum absolute atomic E-state index is 12.6. The molecule has 16 nitrogen and oxygen atoms in total. The molecule has 6 N–H and O–H groups in total. The molecule has 0 fully saturated rings. The number of fused-ring (bicyclic) bond motifs is 3. The summed E-state index contributed by atoms with van der Waals surface area (Å²) in [6.45, 7) is 23.2. The quantitative estimate of drug-likeness (QED) is 0.0217. The van der Waals surface area contributed by atoms with Crippen LogP contribution in [-0.4, -0.2) is 74.2 Å². The van der Waals surface area contributed by atoms with Gasteiger partial charge in [-0.25, -0.2) is 14.8 Å². The van der Waals surface area contributed by atoms with Crippen LogP contribution in [-0.2, 0) is 89.4 Å². The number of nitrogens with two attached hydrogens (primary N) is 2. The number of aromatic carboxylic acids is 1. The summed E-state index contributed by atoms with van der Waals surface area (Å²) < 4.78 is 80.9. The third kappa shape index (κ3) is 34.0. The van der Waals surface area contributed by atoms with Crippen LogP contribution in [0.3, 0.4) is 0 Å². The van der Waals surface area contributed by atoms with Crippen LogP contribution in [0.1, 0.15) is 183 Å². The lowest BCUT2D eigenvalue weighted by Gasteiger charge is -2.20. The van der Waals surface area contributed by atoms with Crippen LogP contribution in [0.15, 0.2) is 147 Å². The van der Waals surface area contributed by atoms with Crippen LogP contribution in [0.2, 0.25) is 0 Å². The number of terminal acetylenes is 1. The lowest BCUT2D eigenvalue weighted by Crippen LogP contribution is -2.23. The number of allylic oxidation sites excluding steroid dienone is 6. The van der Waals surface area contributed by atoms with Crippen LogP contribution in [0.4, 0.5) is 32.0 Å². The number of alkyl halides is 6. The molecule has 0 saturated heterocycles. The molecule has 0 bridgehead atoms. The number of anilines is 1. The normalized spacial score (nSPS) is 12.3. The highest BCUT2D eigenvalue weighted by molar-refractivity contribution is 9.11. The molecular formula is C82H92Br3F6N5O11S2. The zero-order chi connectivity index (χ0) is 81.5. The molecule has 0 atom stereocenters. The minimum absolute atomic E-state index is 0. The van der Waals surface area contributed by atoms with Gasteiger partial charge in [-0.1, -0.05) is 161 Å². The number of halogens is 9. The Morgan fingerprint density at radius 2 is 1.00 bits per heavy atom. The molecule has 0 unspecified atom stereocenters. The molecule has 1 amide bonds. The van der Waals surface area contributed by atoms with Crippen molar-refractivity contribution in [3.05, 3.63) is 217 Å². The van der Waals surface area contributed by atoms with Gasteiger partial charge in [0.15, 0.2) is 27.4 Å². The number of carbonyl (C=O) groups excluding carboxylic acids is 8. The summed E-state index contributed by atoms with van der Waals surface area (Å²) in [6.07, 6.45) is 4.50. The van der Waals surface area contributed by atoms with Crippen molar-refractivity contribution in [2.75, 3.05) is 12.3 Å². The first-order valence-corrected chi connectivity index (χ1v) is 37.9. The maximum atomic E-state index is 12.6. The molecule has 3 aliphatic carbocycles. The largest absolute Gasteiger partial charge is 0.478 e. The standard InChI is InChI=1S/C19H17F3N2O2S.C14H14O3.C13H15BrO2.C13H13BrO.C8H14O3.C6H6BrN.C5H5F3N2S.C3H4.CH4/c1-10(2)16-7-13(25)6-12-5-11(3-4-15(12)16)17(26)23-8-14-9-24-18(27-14)19(20,21)22;1-8(2)13-7-11(15)6-10-5-9(14(16)17)3-4-12(10)13;1-9(2)13(16)8-12(15)7-10-4-3-5-11(14)6-10;1-8(2)13-7-11(15)6-9-5-10(14)3-4-12(9)13;1-4-11-8(10)5-7(9)6(2)3;7-5-2-1-3-6(8)4-5;6-5(7,8)4-10-2-3(1-9)11-4;1-3-2;/h3-5,7,9-10H,6,8H2,1-2H3,(H,23,26);3-5,7-8H,6H2,1-2H3,(H,16,17);3-6,9H,7-8H2,1-2H3;3-5,7-8H,6H2,1-2H3;6H,4-5H2,1-3H3;1-4H,8H2;2H,1,9H2;1H,2H3;1H4. The van der Waals surface area contributed by atoms with Crippen molar-refractivity contribution in [1.82, 2.24) is 15.3 Å². The SMILES string of the molecule is C.C#CC.CC(C)C(=O)CC(=O)Cc1cccc(Br)c1.CC(C)C1=CC(=O)Cc2cc(Br)ccc21.CC(C)C1=CC(=O)Cc2cc(C(=O)NCc3cnc(C(F)(F)F)s3)ccc21.CC(C)C1=CC(=O)Cc2cc(C(=O)O)ccc21.CCOC(=O)CC(=O)C(C)C.NCc1cnc(C(F)(F)F)s1.Nc1cccc(Br)c1. The van der Waals surface area contributed by atoms with E-state index < -0.39 is 40.2 Å². The van der Waals surface area contributed by atoms with E-state index in [1.165, 1.54) is 5.56 Å². The van der Waals surface area contributed by atoms with E-state index in [0.717, 1.165) is 81.6 Å². The van der Waals surface area contributed by atoms with Gasteiger partial charge >= 0.3 is 24.3 Å². The van der Waals surface area contributed by atoms with Gasteiger partial charge in [0.1, 0.15) is 23.8 Å². The number of rotatable bonds is 17. The van der Waals surface area contributed by atoms with E-state index >= 15 is 0 Å². The molecule has 2 aromatic heterocycles. The van der Waals surface area contributed by atoms with Crippen molar-refractivity contribution >= 4 is 145 Å². The molecular weight excluding hydrogens is 1650 g/mol. The number of nitrogens with zero attached hydrogens (tertiary/aromatic N) is 2. The van der Waals surface area contributed by atoms with E-state index in [1.807, 2.05) is 108 Å². The number of hydrogen-bond acceptors (Lipinski definition) is 16. The number of ether oxygens (including phenoxy) is 1. The molecule has 109 heavy (non-hydrogen) atoms. The van der Waals surface area contributed by atoms with E-state index in [4.69, 9.17) is 16.6 Å². The van der Waals surface area contributed by atoms with E-state index in [9.17, 15) is 69.5 Å². The van der Waals surface area contributed by atoms with Crippen LogP contribution in [0, 0.1) is 41.9 Å². The van der Waals surface area contributed by atoms with Crippen LogP contribution in [0.25, 0.3) is 16.7 Å². The number of esters is 1. The summed E-state index contributed by atoms with van der Waals surface area (Å²) in [6, 6.07) is 31.5. The summed E-state index contributed by atoms with van der Waals surface area (Å²) in [5, 5.41) is 9.75. The highest BCUT2D eigenvalue weighted by atomic mass is 79.9. The van der Waals surface area contributed by atoms with Gasteiger partial charge < -0.3 is 26.6 Å². The third-order valence-electron chi connectivity index (χ3n) is 15.3. The second-order valence-corrected chi connectivity index (χ2v) is 30.8. The van der Waals surface area contributed by atoms with Crippen LogP contribution in [0.5, 0.6) is 0 Å². The Morgan fingerprint density at radius 3 is 1.39 bits per heavy atom. The molecule has 10 rings (SSSR count). The number of benzene rings is 5. The van der Waals surface area contributed by atoms with Crippen molar-refractivity contribution in [3.63, 3.8) is 0 Å². The van der Waals surface area contributed by atoms with Gasteiger partial charge in [0.2, 0.25) is 0 Å². The first-order chi connectivity index (χ1) is 50.5. The van der Waals surface area contributed by atoms with Crippen molar-refractivity contribution in [3.8, 4) is 12.3 Å². The van der Waals surface area contributed by atoms with E-state index in [2.05, 4.69) is 100 Å². The molecule has 0 spiro atoms. The number of Topliss-reactive ketones (excluding diaryl/α,β-unsaturated/α-hetero) is 3. The lowest BCUT2D eigenvalue weighted by molar-refractivity contribution is -0.146. The predicted octanol–water partition coefficient (Wildman–Crippen LogP) is 19.7. The first-order valence-electron chi connectivity index (χ1n) is 33.9. The smallest absolute Gasteiger partial charge is 0.443 e. The van der Waals surface area contributed by atoms with Crippen molar-refractivity contribution in [1.29, 1.82) is 0 Å². The zero-order valence-corrected chi connectivity index (χ0v) is 68.2. The van der Waals surface area contributed by atoms with E-state index in [-0.39, 0.29) is 104 Å². The molecule has 0 radical (unpaired) electrons. The molecule has 586 valence electrons. The number of nitrogens with one attached hydrogen (secondary N) is 1. The van der Waals surface area contributed by atoms with Crippen molar-refractivity contribution in [2.45, 2.75) is 154 Å². The summed E-state index contributed by atoms with van der Waals surface area (Å²) in [5.41, 5.74) is 21.9. The minimum atomic E-state index is -4.49. The van der Waals surface area contributed by atoms with Gasteiger partial charge in [-0.3, -0.25) is 38.4 Å². The van der Waals surface area contributed by atoms with Gasteiger partial charge in [0.25, 0.3) is 5.91 Å². The van der Waals surface area contributed by atoms with Gasteiger partial charge in [0, 0.05) is 90.9 Å². The van der Waals surface area contributed by atoms with Gasteiger partial charge in [0.05, 0.1) is 25.1 Å². The Hall–Kier alpha value is -8.65. The summed E-state index contributed by atoms with van der Waals surface area (Å²) >= 11 is 11.1. The topological polar surface area (TPSA) is 273 Å². The summed E-state index contributed by atoms with van der Waals surface area (Å²) in [5.74, 6) is 1.33. The summed E-state index contributed by atoms with van der Waals surface area (Å²) in [4.78, 5) is 110. The molecule has 27 heteroatoms. The Morgan fingerprint density at radius 1 is 0.596 bits per heavy atom. The number of carbonyl (C=O) groups is 9. The maximum Gasteiger partial charge on any atom is 0.443 e. The monoisotopic (exact) mass is 1740 g/mol. The molecule has 0 aliphatic heterocycles. The van der Waals surface area contributed by atoms with Crippen LogP contribution < -0.4 is 16.8 Å². The lowest BCUT2D eigenvalue weighted by atomic mass is 9.84. The summed E-state index contributed by atoms with van der Waals surface area (Å²) in [7, 11) is 0. The Kier molecular flexibility index (Phi) is 41.4. The Labute approximate surface area is 666 Å². The van der Waals surface area contributed by atoms with E-state index in [1.54, 1.807) is 76.3 Å². The highest BCUT2D eigenvalue weighted by Gasteiger charge is 2.36. The fourth-order valence-electron chi connectivity index (χ4n) is 9.93. The highest BCUT2D eigenvalue weighted by Crippen LogP contribution is 2.37. The fourth-order valence-corrected chi connectivity index (χ4v) is 12.6. The first kappa shape index (κ1) is 96.4. The number of aromatic nitrogens is 2. The molecule has 0 saturated carbocycles. The number of hydrogen-bond donors (Lipinski definition) is 4. The predicted molar refractivity (Wildman–Crippen MR) is 430 cm³/mol. The average Bonchev–Trinajstić information content (AvgIpc) is 1.40. The van der Waals surface area contributed by atoms with Crippen molar-refractivity contribution < 1.29 is 79.3 Å². The number of amides is 1. The number of thiazole rings is 2. The molecule has 7 aromatic rings. The Bertz CT molecular complexity index is 4430. The van der Waals surface area contributed by atoms with Gasteiger partial charge in [-0.2, -0.15) is 26.3 Å². The third-order valence-corrected chi connectivity index (χ3v) is 18.9. The van der Waals surface area contributed by atoms with E-state index in [0.29, 0.717) is 69.8 Å². The molecule has 5 aromatic carbocycles. The minimum Gasteiger partial charge on any atom is -0.478 e. The molecule has 2 heterocycles. The zero-order valence-electron chi connectivity index (χ0n) is 61.8. The fraction of sp³-hybridized carbons (Fsp3) is 0.354. The second-order valence-electron chi connectivity index (χ2n) is 25.8. The number of ketones is 6. The van der Waals surface area contributed by atoms with Crippen molar-refractivity contribution in [2.24, 2.45) is 35.3 Å². The number of carboxylic acids is 1. The Balaban J connectivity index is 0.000000441. The number of carboxylic acid groups (broad SMARTS) is 1. The second kappa shape index (κ2) is 46.8. The van der Waals surface area contributed by atoms with Gasteiger partial charge in [-0.05, 0) is 172 Å². The average molecular weight is 1740 g/mol. The van der Waals surface area contributed by atoms with Crippen LogP contribution >= 0.6 is 70.5 Å².